The van der Waals surface area contributed by atoms with Crippen LogP contribution in [-0.2, 0) is 13.0 Å². The Morgan fingerprint density at radius 1 is 0.952 bits per heavy atom. The van der Waals surface area contributed by atoms with Crippen molar-refractivity contribution in [1.29, 1.82) is 0 Å². The minimum absolute atomic E-state index is 0.0724. The van der Waals surface area contributed by atoms with E-state index in [1.807, 2.05) is 47.0 Å². The SMILES string of the molecule is COc1cc(/C=c2\sc3n(c2=O)[C@@H](c2ccccc2)C2=C(N=3)c3ccccc3CC2)ccc1OCc1ccccc1F. The Hall–Kier alpha value is -4.75. The second-order valence-electron chi connectivity index (χ2n) is 10.3. The molecular weight excluding hydrogens is 547 g/mol. The third kappa shape index (κ3) is 4.65. The highest BCUT2D eigenvalue weighted by Crippen LogP contribution is 2.41. The molecular formula is C35H27FN2O3S. The van der Waals surface area contributed by atoms with E-state index in [9.17, 15) is 9.18 Å². The van der Waals surface area contributed by atoms with E-state index in [0.717, 1.165) is 35.2 Å². The number of allylic oxidation sites excluding steroid dienone is 1. The smallest absolute Gasteiger partial charge is 0.271 e. The van der Waals surface area contributed by atoms with Gasteiger partial charge in [0.05, 0.1) is 23.4 Å². The van der Waals surface area contributed by atoms with Crippen LogP contribution in [0.3, 0.4) is 0 Å². The average Bonchev–Trinajstić information content (AvgIpc) is 3.34. The lowest BCUT2D eigenvalue weighted by molar-refractivity contribution is 0.279. The van der Waals surface area contributed by atoms with Gasteiger partial charge in [-0.2, -0.15) is 0 Å². The zero-order valence-electron chi connectivity index (χ0n) is 22.9. The second-order valence-corrected chi connectivity index (χ2v) is 11.3. The minimum Gasteiger partial charge on any atom is -0.493 e. The molecule has 0 spiro atoms. The van der Waals surface area contributed by atoms with Crippen molar-refractivity contribution in [3.05, 3.63) is 156 Å². The third-order valence-electron chi connectivity index (χ3n) is 7.81. The van der Waals surface area contributed by atoms with E-state index in [-0.39, 0.29) is 24.0 Å². The average molecular weight is 575 g/mol. The summed E-state index contributed by atoms with van der Waals surface area (Å²) in [5.41, 5.74) is 6.85. The van der Waals surface area contributed by atoms with Crippen molar-refractivity contribution < 1.29 is 13.9 Å². The molecule has 0 amide bonds. The van der Waals surface area contributed by atoms with Gasteiger partial charge in [-0.05, 0) is 59.4 Å². The van der Waals surface area contributed by atoms with Crippen LogP contribution < -0.4 is 24.4 Å². The van der Waals surface area contributed by atoms with E-state index in [1.54, 1.807) is 31.4 Å². The standard InChI is InChI=1S/C35H27FN2O3S/c1-40-30-19-22(15-18-29(30)41-21-25-12-6-8-14-28(25)36)20-31-34(39)38-33(24-10-3-2-4-11-24)27-17-16-23-9-5-7-13-26(23)32(27)37-35(38)42-31/h2-15,18-20,33H,16-17,21H2,1H3/b31-20-/t33-/m0/s1. The number of aromatic nitrogens is 1. The van der Waals surface area contributed by atoms with Crippen LogP contribution in [0.25, 0.3) is 11.8 Å². The first kappa shape index (κ1) is 26.2. The van der Waals surface area contributed by atoms with Crippen LogP contribution in [0.5, 0.6) is 11.5 Å². The second kappa shape index (κ2) is 10.9. The molecule has 0 bridgehead atoms. The highest BCUT2D eigenvalue weighted by Gasteiger charge is 2.32. The number of nitrogens with zero attached hydrogens (tertiary/aromatic N) is 2. The van der Waals surface area contributed by atoms with Gasteiger partial charge < -0.3 is 9.47 Å². The van der Waals surface area contributed by atoms with E-state index in [2.05, 4.69) is 30.3 Å². The van der Waals surface area contributed by atoms with Gasteiger partial charge in [0, 0.05) is 11.1 Å². The lowest BCUT2D eigenvalue weighted by Gasteiger charge is -2.30. The first-order chi connectivity index (χ1) is 20.6. The highest BCUT2D eigenvalue weighted by molar-refractivity contribution is 7.07. The Morgan fingerprint density at radius 2 is 1.74 bits per heavy atom. The highest BCUT2D eigenvalue weighted by atomic mass is 32.1. The zero-order chi connectivity index (χ0) is 28.6. The molecule has 2 heterocycles. The molecule has 2 aliphatic rings. The number of aryl methyl sites for hydroxylation is 1. The number of thiazole rings is 1. The maximum atomic E-state index is 14.1. The number of halogens is 1. The Balaban J connectivity index is 1.30. The predicted molar refractivity (Wildman–Crippen MR) is 163 cm³/mol. The van der Waals surface area contributed by atoms with Crippen molar-refractivity contribution in [3.63, 3.8) is 0 Å². The summed E-state index contributed by atoms with van der Waals surface area (Å²) in [4.78, 5) is 19.8. The van der Waals surface area contributed by atoms with Gasteiger partial charge in [0.25, 0.3) is 5.56 Å². The molecule has 1 aromatic heterocycles. The molecule has 42 heavy (non-hydrogen) atoms. The predicted octanol–water partition coefficient (Wildman–Crippen LogP) is 6.05. The number of hydrogen-bond acceptors (Lipinski definition) is 5. The third-order valence-corrected chi connectivity index (χ3v) is 8.80. The zero-order valence-corrected chi connectivity index (χ0v) is 23.7. The van der Waals surface area contributed by atoms with Crippen LogP contribution in [0.4, 0.5) is 4.39 Å². The van der Waals surface area contributed by atoms with Gasteiger partial charge in [-0.15, -0.1) is 0 Å². The molecule has 208 valence electrons. The van der Waals surface area contributed by atoms with Crippen molar-refractivity contribution in [1.82, 2.24) is 4.57 Å². The summed E-state index contributed by atoms with van der Waals surface area (Å²) in [5.74, 6) is 0.680. The fourth-order valence-corrected chi connectivity index (χ4v) is 6.77. The summed E-state index contributed by atoms with van der Waals surface area (Å²) in [5, 5.41) is 0. The molecule has 1 atom stereocenters. The number of fused-ring (bicyclic) bond motifs is 3. The molecule has 0 saturated heterocycles. The van der Waals surface area contributed by atoms with Crippen molar-refractivity contribution in [2.24, 2.45) is 4.99 Å². The van der Waals surface area contributed by atoms with Gasteiger partial charge in [-0.1, -0.05) is 90.2 Å². The monoisotopic (exact) mass is 574 g/mol. The van der Waals surface area contributed by atoms with Crippen LogP contribution >= 0.6 is 11.3 Å². The number of hydrogen-bond donors (Lipinski definition) is 0. The van der Waals surface area contributed by atoms with E-state index < -0.39 is 0 Å². The van der Waals surface area contributed by atoms with Gasteiger partial charge in [0.2, 0.25) is 0 Å². The first-order valence-corrected chi connectivity index (χ1v) is 14.6. The van der Waals surface area contributed by atoms with Crippen LogP contribution in [0.15, 0.2) is 112 Å². The van der Waals surface area contributed by atoms with Crippen molar-refractivity contribution >= 4 is 23.1 Å². The molecule has 1 aliphatic carbocycles. The molecule has 7 rings (SSSR count). The molecule has 5 aromatic rings. The van der Waals surface area contributed by atoms with Crippen molar-refractivity contribution in [3.8, 4) is 11.5 Å². The minimum atomic E-state index is -0.317. The molecule has 5 nitrogen and oxygen atoms in total. The maximum absolute atomic E-state index is 14.1. The Labute approximate surface area is 246 Å². The lowest BCUT2D eigenvalue weighted by atomic mass is 9.83. The quantitative estimate of drug-likeness (QED) is 0.248. The largest absolute Gasteiger partial charge is 0.493 e. The van der Waals surface area contributed by atoms with Crippen molar-refractivity contribution in [2.75, 3.05) is 7.11 Å². The summed E-state index contributed by atoms with van der Waals surface area (Å²) in [6.07, 6.45) is 3.64. The molecule has 0 radical (unpaired) electrons. The maximum Gasteiger partial charge on any atom is 0.271 e. The van der Waals surface area contributed by atoms with Gasteiger partial charge >= 0.3 is 0 Å². The summed E-state index contributed by atoms with van der Waals surface area (Å²) in [6, 6.07) is 30.4. The molecule has 0 saturated carbocycles. The van der Waals surface area contributed by atoms with Crippen LogP contribution in [0, 0.1) is 5.82 Å². The van der Waals surface area contributed by atoms with Crippen LogP contribution in [0.2, 0.25) is 0 Å². The topological polar surface area (TPSA) is 52.8 Å². The Kier molecular flexibility index (Phi) is 6.80. The molecule has 0 fully saturated rings. The lowest BCUT2D eigenvalue weighted by Crippen LogP contribution is -2.38. The number of methoxy groups -OCH3 is 1. The Morgan fingerprint density at radius 3 is 2.57 bits per heavy atom. The summed E-state index contributed by atoms with van der Waals surface area (Å²) in [6.45, 7) is 0.0776. The van der Waals surface area contributed by atoms with Gasteiger partial charge in [-0.25, -0.2) is 9.38 Å². The number of benzene rings is 4. The fraction of sp³-hybridized carbons (Fsp3) is 0.143. The van der Waals surface area contributed by atoms with Crippen molar-refractivity contribution in [2.45, 2.75) is 25.5 Å². The first-order valence-electron chi connectivity index (χ1n) is 13.8. The summed E-state index contributed by atoms with van der Waals surface area (Å²) in [7, 11) is 1.56. The van der Waals surface area contributed by atoms with E-state index in [0.29, 0.717) is 26.4 Å². The molecule has 4 aromatic carbocycles. The molecule has 0 unspecified atom stereocenters. The fourth-order valence-electron chi connectivity index (χ4n) is 5.77. The number of ether oxygens (including phenoxy) is 2. The summed E-state index contributed by atoms with van der Waals surface area (Å²) >= 11 is 1.39. The molecule has 0 N–H and O–H groups in total. The molecule has 1 aliphatic heterocycles. The Bertz CT molecular complexity index is 2030. The van der Waals surface area contributed by atoms with Gasteiger partial charge in [-0.3, -0.25) is 9.36 Å². The summed E-state index contributed by atoms with van der Waals surface area (Å²) < 4.78 is 28.0. The van der Waals surface area contributed by atoms with Gasteiger partial charge in [0.1, 0.15) is 12.4 Å². The van der Waals surface area contributed by atoms with E-state index >= 15 is 0 Å². The molecule has 7 heteroatoms. The van der Waals surface area contributed by atoms with Crippen LogP contribution in [0.1, 0.15) is 40.3 Å². The van der Waals surface area contributed by atoms with Crippen LogP contribution in [-0.4, -0.2) is 11.7 Å². The van der Waals surface area contributed by atoms with E-state index in [4.69, 9.17) is 14.5 Å². The normalized spacial score (nSPS) is 15.9. The van der Waals surface area contributed by atoms with E-state index in [1.165, 1.54) is 28.5 Å². The van der Waals surface area contributed by atoms with Gasteiger partial charge in [0.15, 0.2) is 16.3 Å². The number of rotatable bonds is 6.